The zero-order chi connectivity index (χ0) is 15.6. The maximum Gasteiger partial charge on any atom is 0.343 e. The lowest BCUT2D eigenvalue weighted by Gasteiger charge is -2.18. The first kappa shape index (κ1) is 15.9. The fraction of sp³-hybridized carbons (Fsp3) is 0.385. The Kier molecular flexibility index (Phi) is 4.58. The van der Waals surface area contributed by atoms with E-state index in [0.29, 0.717) is 5.02 Å². The number of hydrogen-bond donors (Lipinski definition) is 1. The third kappa shape index (κ3) is 3.57. The van der Waals surface area contributed by atoms with Gasteiger partial charge in [0.2, 0.25) is 5.67 Å². The molecule has 0 bridgehead atoms. The second-order valence-electron chi connectivity index (χ2n) is 4.70. The summed E-state index contributed by atoms with van der Waals surface area (Å²) in [6.45, 7) is -0.782. The van der Waals surface area contributed by atoms with Crippen LogP contribution < -0.4 is 4.74 Å². The highest BCUT2D eigenvalue weighted by atomic mass is 35.5. The molecule has 21 heavy (non-hydrogen) atoms. The van der Waals surface area contributed by atoms with Crippen molar-refractivity contribution in [2.75, 3.05) is 19.7 Å². The van der Waals surface area contributed by atoms with Crippen molar-refractivity contribution in [2.45, 2.75) is 12.1 Å². The summed E-state index contributed by atoms with van der Waals surface area (Å²) in [7, 11) is 0. The highest BCUT2D eigenvalue weighted by Crippen LogP contribution is 2.28. The first-order chi connectivity index (χ1) is 9.82. The minimum atomic E-state index is -2.38. The van der Waals surface area contributed by atoms with Crippen molar-refractivity contribution in [3.05, 3.63) is 28.2 Å². The summed E-state index contributed by atoms with van der Waals surface area (Å²) in [5, 5.41) is 9.45. The van der Waals surface area contributed by atoms with E-state index in [0.717, 1.165) is 4.90 Å². The zero-order valence-corrected chi connectivity index (χ0v) is 12.3. The van der Waals surface area contributed by atoms with Crippen LogP contribution in [0.2, 0.25) is 10.0 Å². The lowest BCUT2D eigenvalue weighted by atomic mass is 10.1. The molecular formula is C13H12Cl2FNO4. The lowest BCUT2D eigenvalue weighted by molar-refractivity contribution is -0.150. The van der Waals surface area contributed by atoms with E-state index in [1.165, 1.54) is 12.1 Å². The van der Waals surface area contributed by atoms with Gasteiger partial charge in [0.15, 0.2) is 6.61 Å². The molecule has 2 rings (SSSR count). The Morgan fingerprint density at radius 2 is 2.14 bits per heavy atom. The molecule has 1 amide bonds. The summed E-state index contributed by atoms with van der Waals surface area (Å²) in [6.07, 6.45) is -0.226. The largest absolute Gasteiger partial charge is 0.482 e. The second kappa shape index (κ2) is 6.07. The van der Waals surface area contributed by atoms with Gasteiger partial charge in [-0.15, -0.1) is 0 Å². The molecule has 1 heterocycles. The van der Waals surface area contributed by atoms with E-state index in [1.54, 1.807) is 6.07 Å². The number of halogens is 3. The van der Waals surface area contributed by atoms with Gasteiger partial charge >= 0.3 is 5.97 Å². The summed E-state index contributed by atoms with van der Waals surface area (Å²) < 4.78 is 19.1. The number of carbonyl (C=O) groups excluding carboxylic acids is 1. The van der Waals surface area contributed by atoms with Crippen LogP contribution >= 0.6 is 23.2 Å². The van der Waals surface area contributed by atoms with Crippen LogP contribution in [-0.2, 0) is 9.59 Å². The Labute approximate surface area is 130 Å². The molecule has 5 nitrogen and oxygen atoms in total. The summed E-state index contributed by atoms with van der Waals surface area (Å²) >= 11 is 11.6. The Morgan fingerprint density at radius 1 is 1.43 bits per heavy atom. The third-order valence-electron chi connectivity index (χ3n) is 3.20. The smallest absolute Gasteiger partial charge is 0.343 e. The molecule has 0 aromatic heterocycles. The molecule has 1 aliphatic heterocycles. The minimum absolute atomic E-state index is 0.0410. The van der Waals surface area contributed by atoms with Gasteiger partial charge in [0.25, 0.3) is 5.91 Å². The molecule has 0 saturated carbocycles. The summed E-state index contributed by atoms with van der Waals surface area (Å²) in [4.78, 5) is 23.8. The van der Waals surface area contributed by atoms with Crippen LogP contribution in [0.1, 0.15) is 6.42 Å². The van der Waals surface area contributed by atoms with Gasteiger partial charge in [-0.2, -0.15) is 0 Å². The number of rotatable bonds is 4. The molecule has 1 fully saturated rings. The molecule has 1 atom stereocenters. The van der Waals surface area contributed by atoms with Crippen LogP contribution in [0.15, 0.2) is 18.2 Å². The molecule has 1 saturated heterocycles. The number of alkyl halides is 1. The van der Waals surface area contributed by atoms with Crippen LogP contribution in [-0.4, -0.2) is 47.2 Å². The monoisotopic (exact) mass is 335 g/mol. The van der Waals surface area contributed by atoms with E-state index in [4.69, 9.17) is 33.0 Å². The van der Waals surface area contributed by atoms with E-state index in [-0.39, 0.29) is 30.3 Å². The van der Waals surface area contributed by atoms with Gasteiger partial charge in [0, 0.05) is 18.0 Å². The third-order valence-corrected chi connectivity index (χ3v) is 3.73. The maximum absolute atomic E-state index is 13.8. The van der Waals surface area contributed by atoms with Gasteiger partial charge in [0.1, 0.15) is 5.75 Å². The fourth-order valence-electron chi connectivity index (χ4n) is 1.98. The number of benzene rings is 1. The van der Waals surface area contributed by atoms with Crippen LogP contribution in [0.5, 0.6) is 5.75 Å². The summed E-state index contributed by atoms with van der Waals surface area (Å²) in [5.41, 5.74) is -2.38. The number of likely N-dealkylation sites (tertiary alicyclic amines) is 1. The molecule has 1 unspecified atom stereocenters. The maximum atomic E-state index is 13.8. The van der Waals surface area contributed by atoms with Crippen molar-refractivity contribution in [1.82, 2.24) is 4.90 Å². The SMILES string of the molecule is O=C(COc1ccc(Cl)cc1Cl)N1CCC(F)(C(=O)O)C1. The Morgan fingerprint density at radius 3 is 2.71 bits per heavy atom. The van der Waals surface area contributed by atoms with Gasteiger partial charge in [-0.05, 0) is 18.2 Å². The highest BCUT2D eigenvalue weighted by Gasteiger charge is 2.46. The fourth-order valence-corrected chi connectivity index (χ4v) is 2.45. The number of hydrogen-bond acceptors (Lipinski definition) is 3. The highest BCUT2D eigenvalue weighted by molar-refractivity contribution is 6.35. The second-order valence-corrected chi connectivity index (χ2v) is 5.54. The van der Waals surface area contributed by atoms with E-state index in [1.807, 2.05) is 0 Å². The van der Waals surface area contributed by atoms with Gasteiger partial charge in [0.05, 0.1) is 11.6 Å². The average molecular weight is 336 g/mol. The van der Waals surface area contributed by atoms with Crippen LogP contribution in [0.25, 0.3) is 0 Å². The predicted octanol–water partition coefficient (Wildman–Crippen LogP) is 2.40. The van der Waals surface area contributed by atoms with Gasteiger partial charge in [-0.3, -0.25) is 4.79 Å². The molecule has 1 N–H and O–H groups in total. The van der Waals surface area contributed by atoms with Gasteiger partial charge < -0.3 is 14.7 Å². The first-order valence-electron chi connectivity index (χ1n) is 6.10. The van der Waals surface area contributed by atoms with Crippen LogP contribution in [0.4, 0.5) is 4.39 Å². The van der Waals surface area contributed by atoms with Gasteiger partial charge in [-0.25, -0.2) is 9.18 Å². The summed E-state index contributed by atoms with van der Waals surface area (Å²) in [6, 6.07) is 4.54. The van der Waals surface area contributed by atoms with Crippen LogP contribution in [0.3, 0.4) is 0 Å². The lowest BCUT2D eigenvalue weighted by Crippen LogP contribution is -2.40. The molecule has 0 radical (unpaired) electrons. The number of ether oxygens (including phenoxy) is 1. The van der Waals surface area contributed by atoms with Crippen LogP contribution in [0, 0.1) is 0 Å². The first-order valence-corrected chi connectivity index (χ1v) is 6.85. The number of carboxylic acids is 1. The molecular weight excluding hydrogens is 324 g/mol. The quantitative estimate of drug-likeness (QED) is 0.917. The van der Waals surface area contributed by atoms with E-state index in [2.05, 4.69) is 0 Å². The number of amides is 1. The predicted molar refractivity (Wildman–Crippen MR) is 74.6 cm³/mol. The number of nitrogens with zero attached hydrogens (tertiary/aromatic N) is 1. The Balaban J connectivity index is 1.93. The Bertz CT molecular complexity index is 583. The van der Waals surface area contributed by atoms with Gasteiger partial charge in [-0.1, -0.05) is 23.2 Å². The topological polar surface area (TPSA) is 66.8 Å². The molecule has 1 aromatic carbocycles. The molecule has 1 aromatic rings. The molecule has 8 heteroatoms. The van der Waals surface area contributed by atoms with E-state index in [9.17, 15) is 14.0 Å². The normalized spacial score (nSPS) is 21.4. The van der Waals surface area contributed by atoms with Crippen molar-refractivity contribution in [1.29, 1.82) is 0 Å². The number of carbonyl (C=O) groups is 2. The van der Waals surface area contributed by atoms with Crippen molar-refractivity contribution >= 4 is 35.1 Å². The molecule has 114 valence electrons. The molecule has 0 aliphatic carbocycles. The number of carboxylic acid groups (broad SMARTS) is 1. The standard InChI is InChI=1S/C13H12Cl2FNO4/c14-8-1-2-10(9(15)5-8)21-6-11(18)17-4-3-13(16,7-17)12(19)20/h1-2,5H,3-4,6-7H2,(H,19,20). The Hall–Kier alpha value is -1.53. The van der Waals surface area contributed by atoms with E-state index < -0.39 is 24.1 Å². The zero-order valence-electron chi connectivity index (χ0n) is 10.8. The van der Waals surface area contributed by atoms with Crippen molar-refractivity contribution in [2.24, 2.45) is 0 Å². The van der Waals surface area contributed by atoms with Crippen molar-refractivity contribution < 1.29 is 23.8 Å². The van der Waals surface area contributed by atoms with E-state index >= 15 is 0 Å². The van der Waals surface area contributed by atoms with Crippen molar-refractivity contribution in [3.63, 3.8) is 0 Å². The summed E-state index contributed by atoms with van der Waals surface area (Å²) in [5.74, 6) is -1.78. The number of aliphatic carboxylic acids is 1. The molecule has 1 aliphatic rings. The average Bonchev–Trinajstić information content (AvgIpc) is 2.82. The minimum Gasteiger partial charge on any atom is -0.482 e. The van der Waals surface area contributed by atoms with Crippen molar-refractivity contribution in [3.8, 4) is 5.75 Å². The molecule has 0 spiro atoms.